The van der Waals surface area contributed by atoms with Crippen molar-refractivity contribution in [1.82, 2.24) is 4.31 Å². The highest BCUT2D eigenvalue weighted by atomic mass is 79.9. The summed E-state index contributed by atoms with van der Waals surface area (Å²) in [6, 6.07) is 5.70. The van der Waals surface area contributed by atoms with Crippen LogP contribution in [0.3, 0.4) is 0 Å². The highest BCUT2D eigenvalue weighted by Gasteiger charge is 2.50. The Morgan fingerprint density at radius 1 is 1.18 bits per heavy atom. The predicted octanol–water partition coefficient (Wildman–Crippen LogP) is 2.26. The molecule has 1 heterocycles. The number of fused-ring (bicyclic) bond motifs is 1. The number of rotatable bonds is 3. The summed E-state index contributed by atoms with van der Waals surface area (Å²) in [5.74, 6) is -0.299. The maximum atomic E-state index is 13.0. The Balaban J connectivity index is 2.01. The molecule has 1 amide bonds. The van der Waals surface area contributed by atoms with E-state index in [0.717, 1.165) is 30.2 Å². The first kappa shape index (κ1) is 16.0. The van der Waals surface area contributed by atoms with Crippen LogP contribution in [0.4, 0.5) is 0 Å². The monoisotopic (exact) mass is 386 g/mol. The predicted molar refractivity (Wildman–Crippen MR) is 86.5 cm³/mol. The quantitative estimate of drug-likeness (QED) is 0.864. The number of sulfonamides is 1. The van der Waals surface area contributed by atoms with Crippen LogP contribution in [0.2, 0.25) is 0 Å². The highest BCUT2D eigenvalue weighted by Crippen LogP contribution is 2.42. The van der Waals surface area contributed by atoms with Crippen molar-refractivity contribution >= 4 is 31.9 Å². The molecule has 0 spiro atoms. The van der Waals surface area contributed by atoms with E-state index in [2.05, 4.69) is 15.9 Å². The number of hydrogen-bond acceptors (Lipinski definition) is 3. The molecule has 2 fully saturated rings. The Kier molecular flexibility index (Phi) is 4.31. The van der Waals surface area contributed by atoms with Gasteiger partial charge in [-0.15, -0.1) is 0 Å². The van der Waals surface area contributed by atoms with E-state index >= 15 is 0 Å². The number of amides is 1. The van der Waals surface area contributed by atoms with E-state index in [0.29, 0.717) is 6.42 Å². The second kappa shape index (κ2) is 5.94. The molecule has 5 nitrogen and oxygen atoms in total. The molecule has 22 heavy (non-hydrogen) atoms. The topological polar surface area (TPSA) is 80.5 Å². The molecule has 3 rings (SSSR count). The zero-order valence-corrected chi connectivity index (χ0v) is 14.5. The summed E-state index contributed by atoms with van der Waals surface area (Å²) in [5, 5.41) is 0. The zero-order chi connectivity index (χ0) is 15.9. The third kappa shape index (κ3) is 2.70. The Labute approximate surface area is 139 Å². The molecule has 1 saturated heterocycles. The summed E-state index contributed by atoms with van der Waals surface area (Å²) in [6.45, 7) is 0. The first-order valence-corrected chi connectivity index (χ1v) is 9.73. The van der Waals surface area contributed by atoms with Gasteiger partial charge in [0.2, 0.25) is 15.9 Å². The smallest absolute Gasteiger partial charge is 0.244 e. The molecule has 2 N–H and O–H groups in total. The molecule has 0 unspecified atom stereocenters. The van der Waals surface area contributed by atoms with Crippen molar-refractivity contribution in [3.05, 3.63) is 28.7 Å². The molecular weight excluding hydrogens is 368 g/mol. The molecule has 1 aliphatic heterocycles. The fraction of sp³-hybridized carbons (Fsp3) is 0.533. The number of hydrogen-bond donors (Lipinski definition) is 1. The van der Waals surface area contributed by atoms with Crippen LogP contribution in [0.25, 0.3) is 0 Å². The van der Waals surface area contributed by atoms with Crippen molar-refractivity contribution in [2.45, 2.75) is 49.1 Å². The Hall–Kier alpha value is -0.920. The summed E-state index contributed by atoms with van der Waals surface area (Å²) in [6.07, 6.45) is 4.43. The number of nitrogens with two attached hydrogens (primary N) is 1. The van der Waals surface area contributed by atoms with Crippen molar-refractivity contribution in [2.24, 2.45) is 11.7 Å². The van der Waals surface area contributed by atoms with Gasteiger partial charge in [-0.25, -0.2) is 8.42 Å². The molecule has 1 saturated carbocycles. The van der Waals surface area contributed by atoms with E-state index in [1.165, 1.54) is 4.31 Å². The van der Waals surface area contributed by atoms with Crippen LogP contribution in [-0.2, 0) is 14.8 Å². The average Bonchev–Trinajstić information content (AvgIpc) is 2.88. The van der Waals surface area contributed by atoms with Crippen LogP contribution in [0.5, 0.6) is 0 Å². The minimum absolute atomic E-state index is 0.0973. The van der Waals surface area contributed by atoms with Gasteiger partial charge in [0.25, 0.3) is 0 Å². The summed E-state index contributed by atoms with van der Waals surface area (Å²) < 4.78 is 28.2. The largest absolute Gasteiger partial charge is 0.368 e. The van der Waals surface area contributed by atoms with Crippen LogP contribution >= 0.6 is 15.9 Å². The molecule has 1 aromatic rings. The number of carbonyl (C=O) groups is 1. The molecule has 3 atom stereocenters. The third-order valence-electron chi connectivity index (χ3n) is 4.75. The highest BCUT2D eigenvalue weighted by molar-refractivity contribution is 9.10. The van der Waals surface area contributed by atoms with Gasteiger partial charge in [0, 0.05) is 10.5 Å². The van der Waals surface area contributed by atoms with Gasteiger partial charge in [-0.2, -0.15) is 4.31 Å². The molecule has 0 radical (unpaired) electrons. The summed E-state index contributed by atoms with van der Waals surface area (Å²) >= 11 is 3.30. The maximum absolute atomic E-state index is 13.0. The molecule has 0 aromatic heterocycles. The normalized spacial score (nSPS) is 29.2. The van der Waals surface area contributed by atoms with Crippen molar-refractivity contribution in [3.8, 4) is 0 Å². The van der Waals surface area contributed by atoms with Gasteiger partial charge in [-0.3, -0.25) is 4.79 Å². The van der Waals surface area contributed by atoms with E-state index in [4.69, 9.17) is 5.73 Å². The van der Waals surface area contributed by atoms with Gasteiger partial charge in [-0.1, -0.05) is 28.8 Å². The minimum atomic E-state index is -3.71. The second-order valence-electron chi connectivity index (χ2n) is 6.05. The van der Waals surface area contributed by atoms with E-state index in [1.807, 2.05) is 0 Å². The van der Waals surface area contributed by atoms with Crippen LogP contribution in [0.15, 0.2) is 33.6 Å². The van der Waals surface area contributed by atoms with Gasteiger partial charge in [0.1, 0.15) is 6.04 Å². The van der Waals surface area contributed by atoms with Crippen LogP contribution in [-0.4, -0.2) is 30.7 Å². The van der Waals surface area contributed by atoms with E-state index in [-0.39, 0.29) is 16.9 Å². The lowest BCUT2D eigenvalue weighted by Gasteiger charge is -2.32. The Morgan fingerprint density at radius 2 is 1.82 bits per heavy atom. The lowest BCUT2D eigenvalue weighted by atomic mass is 9.85. The van der Waals surface area contributed by atoms with E-state index < -0.39 is 22.0 Å². The molecule has 7 heteroatoms. The van der Waals surface area contributed by atoms with E-state index in [1.54, 1.807) is 24.3 Å². The zero-order valence-electron chi connectivity index (χ0n) is 12.1. The fourth-order valence-corrected chi connectivity index (χ4v) is 5.88. The lowest BCUT2D eigenvalue weighted by molar-refractivity contribution is -0.121. The number of benzene rings is 1. The lowest BCUT2D eigenvalue weighted by Crippen LogP contribution is -2.48. The Bertz CT molecular complexity index is 675. The number of primary amides is 1. The summed E-state index contributed by atoms with van der Waals surface area (Å²) in [7, 11) is -3.71. The minimum Gasteiger partial charge on any atom is -0.368 e. The molecule has 1 aromatic carbocycles. The van der Waals surface area contributed by atoms with Crippen molar-refractivity contribution in [1.29, 1.82) is 0 Å². The number of halogens is 1. The van der Waals surface area contributed by atoms with Crippen LogP contribution in [0.1, 0.15) is 32.1 Å². The molecule has 120 valence electrons. The average molecular weight is 387 g/mol. The first-order valence-electron chi connectivity index (χ1n) is 7.49. The Morgan fingerprint density at radius 3 is 2.45 bits per heavy atom. The van der Waals surface area contributed by atoms with Crippen molar-refractivity contribution < 1.29 is 13.2 Å². The number of nitrogens with zero attached hydrogens (tertiary/aromatic N) is 1. The van der Waals surface area contributed by atoms with Gasteiger partial charge in [-0.05, 0) is 49.4 Å². The van der Waals surface area contributed by atoms with Gasteiger partial charge in [0.15, 0.2) is 0 Å². The second-order valence-corrected chi connectivity index (χ2v) is 8.81. The van der Waals surface area contributed by atoms with Crippen LogP contribution < -0.4 is 5.73 Å². The standard InChI is InChI=1S/C15H19BrN2O3S/c16-11-5-7-12(8-6-11)22(20,21)18-13-4-2-1-3-10(13)9-14(18)15(17)19/h5-8,10,13-14H,1-4,9H2,(H2,17,19)/t10-,13-,14-/m0/s1. The SMILES string of the molecule is NC(=O)[C@@H]1C[C@@H]2CCCC[C@@H]2N1S(=O)(=O)c1ccc(Br)cc1. The summed E-state index contributed by atoms with van der Waals surface area (Å²) in [4.78, 5) is 12.0. The van der Waals surface area contributed by atoms with Crippen LogP contribution in [0, 0.1) is 5.92 Å². The molecule has 2 aliphatic rings. The molecule has 1 aliphatic carbocycles. The molecular formula is C15H19BrN2O3S. The number of carbonyl (C=O) groups excluding carboxylic acids is 1. The van der Waals surface area contributed by atoms with E-state index in [9.17, 15) is 13.2 Å². The van der Waals surface area contributed by atoms with Crippen molar-refractivity contribution in [2.75, 3.05) is 0 Å². The van der Waals surface area contributed by atoms with Gasteiger partial charge >= 0.3 is 0 Å². The van der Waals surface area contributed by atoms with Gasteiger partial charge in [0.05, 0.1) is 4.90 Å². The maximum Gasteiger partial charge on any atom is 0.244 e. The van der Waals surface area contributed by atoms with Gasteiger partial charge < -0.3 is 5.73 Å². The first-order chi connectivity index (χ1) is 10.4. The molecule has 0 bridgehead atoms. The third-order valence-corrected chi connectivity index (χ3v) is 7.22. The van der Waals surface area contributed by atoms with Crippen molar-refractivity contribution in [3.63, 3.8) is 0 Å². The summed E-state index contributed by atoms with van der Waals surface area (Å²) in [5.41, 5.74) is 5.49. The fourth-order valence-electron chi connectivity index (χ4n) is 3.74.